The summed E-state index contributed by atoms with van der Waals surface area (Å²) in [5.74, 6) is -1.30. The van der Waals surface area contributed by atoms with Gasteiger partial charge in [-0.25, -0.2) is 0 Å². The number of hydrogen-bond donors (Lipinski definition) is 2. The summed E-state index contributed by atoms with van der Waals surface area (Å²) in [6.45, 7) is 1.57. The highest BCUT2D eigenvalue weighted by Gasteiger charge is 2.44. The van der Waals surface area contributed by atoms with Crippen LogP contribution >= 0.6 is 0 Å². The molecule has 0 bridgehead atoms. The average Bonchev–Trinajstić information content (AvgIpc) is 2.62. The van der Waals surface area contributed by atoms with Crippen LogP contribution in [-0.2, 0) is 0 Å². The van der Waals surface area contributed by atoms with E-state index in [1.54, 1.807) is 0 Å². The number of carbonyl (C=O) groups is 1. The monoisotopic (exact) mass is 378 g/mol. The van der Waals surface area contributed by atoms with E-state index in [1.165, 1.54) is 18.2 Å². The molecule has 1 atom stereocenters. The Morgan fingerprint density at radius 1 is 1.35 bits per heavy atom. The molecule has 0 aromatic heterocycles. The lowest BCUT2D eigenvalue weighted by Gasteiger charge is -2.34. The molecule has 5 nitrogen and oxygen atoms in total. The van der Waals surface area contributed by atoms with Gasteiger partial charge in [0.05, 0.1) is 12.2 Å². The summed E-state index contributed by atoms with van der Waals surface area (Å²) >= 11 is 0. The highest BCUT2D eigenvalue weighted by atomic mass is 19.3. The predicted octanol–water partition coefficient (Wildman–Crippen LogP) is 2.50. The molecular formula is C17H22F4N2O3. The lowest BCUT2D eigenvalue weighted by molar-refractivity contribution is -0.253. The van der Waals surface area contributed by atoms with Gasteiger partial charge in [-0.3, -0.25) is 9.69 Å². The van der Waals surface area contributed by atoms with Crippen LogP contribution in [-0.4, -0.2) is 60.7 Å². The average molecular weight is 378 g/mol. The first-order valence-electron chi connectivity index (χ1n) is 8.42. The zero-order chi connectivity index (χ0) is 19.2. The van der Waals surface area contributed by atoms with E-state index in [-0.39, 0.29) is 24.8 Å². The molecule has 1 fully saturated rings. The van der Waals surface area contributed by atoms with Crippen molar-refractivity contribution in [1.29, 1.82) is 0 Å². The molecule has 9 heteroatoms. The minimum absolute atomic E-state index is 0.0351. The molecule has 1 aliphatic heterocycles. The van der Waals surface area contributed by atoms with Crippen LogP contribution in [0.4, 0.5) is 17.6 Å². The summed E-state index contributed by atoms with van der Waals surface area (Å²) in [5, 5.41) is 11.9. The fourth-order valence-electron chi connectivity index (χ4n) is 2.90. The normalized spacial score (nSPS) is 18.8. The van der Waals surface area contributed by atoms with Crippen LogP contribution in [0.3, 0.4) is 0 Å². The van der Waals surface area contributed by atoms with Crippen molar-refractivity contribution in [2.45, 2.75) is 37.8 Å². The van der Waals surface area contributed by atoms with E-state index in [9.17, 15) is 27.5 Å². The molecule has 0 aliphatic carbocycles. The number of hydrogen-bond acceptors (Lipinski definition) is 4. The van der Waals surface area contributed by atoms with Crippen LogP contribution in [0.15, 0.2) is 24.3 Å². The Morgan fingerprint density at radius 3 is 2.77 bits per heavy atom. The second kappa shape index (κ2) is 9.18. The Kier molecular flexibility index (Phi) is 7.22. The Labute approximate surface area is 148 Å². The molecule has 1 aromatic carbocycles. The number of benzene rings is 1. The Hall–Kier alpha value is -1.87. The minimum atomic E-state index is -4.68. The number of ether oxygens (including phenoxy) is 1. The third-order valence-corrected chi connectivity index (χ3v) is 4.28. The number of para-hydroxylation sites is 1. The first kappa shape index (κ1) is 20.4. The number of nitrogens with one attached hydrogen (secondary N) is 1. The number of aliphatic hydroxyl groups excluding tert-OH is 1. The van der Waals surface area contributed by atoms with Gasteiger partial charge in [0.15, 0.2) is 0 Å². The summed E-state index contributed by atoms with van der Waals surface area (Å²) in [7, 11) is 0. The number of likely N-dealkylation sites (tertiary alicyclic amines) is 1. The third kappa shape index (κ3) is 5.31. The number of nitrogens with zero attached hydrogens (tertiary/aromatic N) is 1. The van der Waals surface area contributed by atoms with Crippen LogP contribution in [0.2, 0.25) is 0 Å². The number of alkyl halides is 4. The van der Waals surface area contributed by atoms with Crippen molar-refractivity contribution < 1.29 is 32.2 Å². The predicted molar refractivity (Wildman–Crippen MR) is 86.7 cm³/mol. The Bertz CT molecular complexity index is 601. The molecule has 0 unspecified atom stereocenters. The number of amides is 1. The molecule has 0 spiro atoms. The maximum Gasteiger partial charge on any atom is 0.461 e. The van der Waals surface area contributed by atoms with E-state index in [0.717, 1.165) is 31.9 Å². The SMILES string of the molecule is O=C(NCCN1CCCC[C@@H]1CO)c1ccccc1OC(F)(F)C(F)F. The van der Waals surface area contributed by atoms with Crippen molar-refractivity contribution in [3.8, 4) is 5.75 Å². The van der Waals surface area contributed by atoms with Crippen molar-refractivity contribution >= 4 is 5.91 Å². The quantitative estimate of drug-likeness (QED) is 0.683. The molecule has 26 heavy (non-hydrogen) atoms. The summed E-state index contributed by atoms with van der Waals surface area (Å²) in [6.07, 6.45) is -5.77. The first-order chi connectivity index (χ1) is 12.3. The molecule has 1 saturated heterocycles. The molecule has 1 heterocycles. The van der Waals surface area contributed by atoms with E-state index < -0.39 is 24.2 Å². The van der Waals surface area contributed by atoms with E-state index in [2.05, 4.69) is 15.0 Å². The minimum Gasteiger partial charge on any atom is -0.427 e. The second-order valence-corrected chi connectivity index (χ2v) is 6.08. The van der Waals surface area contributed by atoms with Crippen LogP contribution in [0.5, 0.6) is 5.75 Å². The molecule has 146 valence electrons. The molecule has 0 radical (unpaired) electrons. The smallest absolute Gasteiger partial charge is 0.427 e. The Morgan fingerprint density at radius 2 is 2.08 bits per heavy atom. The summed E-state index contributed by atoms with van der Waals surface area (Å²) in [4.78, 5) is 14.3. The van der Waals surface area contributed by atoms with Crippen molar-refractivity contribution in [2.75, 3.05) is 26.2 Å². The maximum absolute atomic E-state index is 13.1. The van der Waals surface area contributed by atoms with Crippen LogP contribution in [0, 0.1) is 0 Å². The van der Waals surface area contributed by atoms with Crippen molar-refractivity contribution in [3.63, 3.8) is 0 Å². The summed E-state index contributed by atoms with van der Waals surface area (Å²) in [5.41, 5.74) is -0.245. The van der Waals surface area contributed by atoms with Crippen LogP contribution in [0.1, 0.15) is 29.6 Å². The van der Waals surface area contributed by atoms with Gasteiger partial charge in [-0.05, 0) is 31.5 Å². The fourth-order valence-corrected chi connectivity index (χ4v) is 2.90. The van der Waals surface area contributed by atoms with Crippen molar-refractivity contribution in [3.05, 3.63) is 29.8 Å². The van der Waals surface area contributed by atoms with E-state index >= 15 is 0 Å². The molecule has 2 N–H and O–H groups in total. The van der Waals surface area contributed by atoms with E-state index in [4.69, 9.17) is 0 Å². The highest BCUT2D eigenvalue weighted by Crippen LogP contribution is 2.29. The molecule has 0 saturated carbocycles. The summed E-state index contributed by atoms with van der Waals surface area (Å²) in [6, 6.07) is 5.05. The number of halogens is 4. The molecule has 1 amide bonds. The highest BCUT2D eigenvalue weighted by molar-refractivity contribution is 5.96. The Balaban J connectivity index is 1.95. The van der Waals surface area contributed by atoms with Gasteiger partial charge in [0, 0.05) is 19.1 Å². The van der Waals surface area contributed by atoms with Gasteiger partial charge in [0.1, 0.15) is 5.75 Å². The fraction of sp³-hybridized carbons (Fsp3) is 0.588. The largest absolute Gasteiger partial charge is 0.461 e. The van der Waals surface area contributed by atoms with E-state index in [0.29, 0.717) is 6.54 Å². The van der Waals surface area contributed by atoms with Crippen molar-refractivity contribution in [2.24, 2.45) is 0 Å². The first-order valence-corrected chi connectivity index (χ1v) is 8.42. The van der Waals surface area contributed by atoms with Crippen molar-refractivity contribution in [1.82, 2.24) is 10.2 Å². The van der Waals surface area contributed by atoms with Gasteiger partial charge in [0.25, 0.3) is 5.91 Å². The zero-order valence-electron chi connectivity index (χ0n) is 14.1. The maximum atomic E-state index is 13.1. The van der Waals surface area contributed by atoms with Gasteiger partial charge < -0.3 is 15.2 Å². The molecule has 1 aliphatic rings. The lowest BCUT2D eigenvalue weighted by Crippen LogP contribution is -2.45. The zero-order valence-corrected chi connectivity index (χ0v) is 14.1. The number of aliphatic hydroxyl groups is 1. The van der Waals surface area contributed by atoms with Gasteiger partial charge in [0.2, 0.25) is 0 Å². The van der Waals surface area contributed by atoms with Gasteiger partial charge >= 0.3 is 12.5 Å². The number of piperidine rings is 1. The van der Waals surface area contributed by atoms with E-state index in [1.807, 2.05) is 0 Å². The number of rotatable bonds is 8. The van der Waals surface area contributed by atoms with Gasteiger partial charge in [-0.15, -0.1) is 0 Å². The number of carbonyl (C=O) groups excluding carboxylic acids is 1. The summed E-state index contributed by atoms with van der Waals surface area (Å²) < 4.78 is 54.9. The van der Waals surface area contributed by atoms with Gasteiger partial charge in [-0.1, -0.05) is 18.6 Å². The molecular weight excluding hydrogens is 356 g/mol. The standard InChI is InChI=1S/C17H22F4N2O3/c18-16(19)17(20,21)26-14-7-2-1-6-13(14)15(25)22-8-10-23-9-4-3-5-12(23)11-24/h1-2,6-7,12,16,24H,3-5,8-11H2,(H,22,25)/t12-/m1/s1. The second-order valence-electron chi connectivity index (χ2n) is 6.08. The lowest BCUT2D eigenvalue weighted by atomic mass is 10.0. The molecule has 1 aromatic rings. The molecule has 2 rings (SSSR count). The third-order valence-electron chi connectivity index (χ3n) is 4.28. The van der Waals surface area contributed by atoms with Crippen LogP contribution < -0.4 is 10.1 Å². The van der Waals surface area contributed by atoms with Crippen LogP contribution in [0.25, 0.3) is 0 Å². The van der Waals surface area contributed by atoms with Gasteiger partial charge in [-0.2, -0.15) is 17.6 Å². The topological polar surface area (TPSA) is 61.8 Å².